The van der Waals surface area contributed by atoms with Crippen LogP contribution in [0.1, 0.15) is 24.2 Å². The number of hydrogen-bond acceptors (Lipinski definition) is 2. The molecule has 0 aliphatic carbocycles. The average molecular weight is 372 g/mol. The predicted octanol–water partition coefficient (Wildman–Crippen LogP) is 3.91. The van der Waals surface area contributed by atoms with Gasteiger partial charge < -0.3 is 9.84 Å². The van der Waals surface area contributed by atoms with Gasteiger partial charge in [-0.15, -0.1) is 0 Å². The summed E-state index contributed by atoms with van der Waals surface area (Å²) in [4.78, 5) is 0. The van der Waals surface area contributed by atoms with Crippen molar-refractivity contribution in [2.45, 2.75) is 13.0 Å². The highest BCUT2D eigenvalue weighted by atomic mass is 127. The zero-order valence-electron chi connectivity index (χ0n) is 10.4. The van der Waals surface area contributed by atoms with Crippen LogP contribution in [0.2, 0.25) is 0 Å². The SMILES string of the molecule is CCOc1ccccc1C(O)c1ccc(F)cc1I. The molecule has 0 spiro atoms. The second-order valence-electron chi connectivity index (χ2n) is 4.04. The summed E-state index contributed by atoms with van der Waals surface area (Å²) in [5, 5.41) is 10.5. The van der Waals surface area contributed by atoms with Gasteiger partial charge in [0, 0.05) is 9.13 Å². The third kappa shape index (κ3) is 3.25. The summed E-state index contributed by atoms with van der Waals surface area (Å²) in [5.41, 5.74) is 1.36. The minimum atomic E-state index is -0.824. The molecule has 4 heteroatoms. The number of para-hydroxylation sites is 1. The second-order valence-corrected chi connectivity index (χ2v) is 5.20. The van der Waals surface area contributed by atoms with E-state index in [9.17, 15) is 9.50 Å². The van der Waals surface area contributed by atoms with Gasteiger partial charge in [0.2, 0.25) is 0 Å². The molecule has 0 aliphatic heterocycles. The minimum Gasteiger partial charge on any atom is -0.493 e. The molecule has 1 unspecified atom stereocenters. The van der Waals surface area contributed by atoms with Gasteiger partial charge in [0.1, 0.15) is 17.7 Å². The maximum Gasteiger partial charge on any atom is 0.125 e. The van der Waals surface area contributed by atoms with E-state index < -0.39 is 6.10 Å². The van der Waals surface area contributed by atoms with E-state index in [1.165, 1.54) is 12.1 Å². The third-order valence-corrected chi connectivity index (χ3v) is 3.70. The van der Waals surface area contributed by atoms with Crippen molar-refractivity contribution >= 4 is 22.6 Å². The Balaban J connectivity index is 2.41. The molecule has 0 saturated heterocycles. The Kier molecular flexibility index (Phi) is 4.76. The van der Waals surface area contributed by atoms with Crippen LogP contribution in [-0.4, -0.2) is 11.7 Å². The standard InChI is InChI=1S/C15H14FIO2/c1-2-19-14-6-4-3-5-12(14)15(18)11-8-7-10(16)9-13(11)17/h3-9,15,18H,2H2,1H3. The van der Waals surface area contributed by atoms with E-state index in [1.807, 2.05) is 53.8 Å². The lowest BCUT2D eigenvalue weighted by molar-refractivity contribution is 0.211. The topological polar surface area (TPSA) is 29.5 Å². The highest BCUT2D eigenvalue weighted by Gasteiger charge is 2.17. The first-order valence-electron chi connectivity index (χ1n) is 5.98. The van der Waals surface area contributed by atoms with Crippen LogP contribution in [0.25, 0.3) is 0 Å². The molecule has 100 valence electrons. The van der Waals surface area contributed by atoms with Crippen LogP contribution in [0, 0.1) is 9.39 Å². The number of hydrogen-bond donors (Lipinski definition) is 1. The highest BCUT2D eigenvalue weighted by Crippen LogP contribution is 2.32. The normalized spacial score (nSPS) is 12.2. The smallest absolute Gasteiger partial charge is 0.125 e. The van der Waals surface area contributed by atoms with Gasteiger partial charge in [-0.1, -0.05) is 24.3 Å². The summed E-state index contributed by atoms with van der Waals surface area (Å²) < 4.78 is 19.3. The summed E-state index contributed by atoms with van der Waals surface area (Å²) in [5.74, 6) is 0.344. The predicted molar refractivity (Wildman–Crippen MR) is 80.8 cm³/mol. The van der Waals surface area contributed by atoms with Gasteiger partial charge in [0.05, 0.1) is 6.61 Å². The number of aliphatic hydroxyl groups is 1. The van der Waals surface area contributed by atoms with Gasteiger partial charge in [-0.2, -0.15) is 0 Å². The van der Waals surface area contributed by atoms with Crippen LogP contribution >= 0.6 is 22.6 Å². The molecule has 0 saturated carbocycles. The number of benzene rings is 2. The molecule has 0 aliphatic rings. The van der Waals surface area contributed by atoms with Gasteiger partial charge >= 0.3 is 0 Å². The fourth-order valence-corrected chi connectivity index (χ4v) is 2.66. The molecular weight excluding hydrogens is 358 g/mol. The van der Waals surface area contributed by atoms with E-state index in [-0.39, 0.29) is 5.82 Å². The summed E-state index contributed by atoms with van der Waals surface area (Å²) in [6.45, 7) is 2.43. The highest BCUT2D eigenvalue weighted by molar-refractivity contribution is 14.1. The molecule has 0 amide bonds. The molecule has 2 rings (SSSR count). The van der Waals surface area contributed by atoms with Crippen LogP contribution in [0.5, 0.6) is 5.75 Å². The Hall–Kier alpha value is -1.14. The number of rotatable bonds is 4. The Bertz CT molecular complexity index is 572. The van der Waals surface area contributed by atoms with Crippen LogP contribution < -0.4 is 4.74 Å². The molecule has 0 fully saturated rings. The maximum atomic E-state index is 13.1. The first-order valence-corrected chi connectivity index (χ1v) is 7.06. The van der Waals surface area contributed by atoms with Crippen LogP contribution in [0.4, 0.5) is 4.39 Å². The lowest BCUT2D eigenvalue weighted by Crippen LogP contribution is -2.05. The first kappa shape index (κ1) is 14.3. The monoisotopic (exact) mass is 372 g/mol. The summed E-state index contributed by atoms with van der Waals surface area (Å²) in [6, 6.07) is 11.7. The molecule has 1 N–H and O–H groups in total. The van der Waals surface area contributed by atoms with Crippen LogP contribution in [0.3, 0.4) is 0 Å². The van der Waals surface area contributed by atoms with Crippen molar-refractivity contribution in [2.75, 3.05) is 6.61 Å². The van der Waals surface area contributed by atoms with Gasteiger partial charge in [-0.25, -0.2) is 4.39 Å². The van der Waals surface area contributed by atoms with E-state index >= 15 is 0 Å². The Morgan fingerprint density at radius 3 is 2.63 bits per heavy atom. The van der Waals surface area contributed by atoms with E-state index in [4.69, 9.17) is 4.74 Å². The van der Waals surface area contributed by atoms with Gasteiger partial charge in [-0.3, -0.25) is 0 Å². The Morgan fingerprint density at radius 1 is 1.21 bits per heavy atom. The van der Waals surface area contributed by atoms with Crippen LogP contribution in [0.15, 0.2) is 42.5 Å². The van der Waals surface area contributed by atoms with Crippen molar-refractivity contribution < 1.29 is 14.2 Å². The van der Waals surface area contributed by atoms with E-state index in [2.05, 4.69) is 0 Å². The van der Waals surface area contributed by atoms with Crippen molar-refractivity contribution in [3.8, 4) is 5.75 Å². The zero-order chi connectivity index (χ0) is 13.8. The van der Waals surface area contributed by atoms with Crippen molar-refractivity contribution in [3.05, 3.63) is 63.0 Å². The minimum absolute atomic E-state index is 0.307. The summed E-state index contributed by atoms with van der Waals surface area (Å²) in [6.07, 6.45) is -0.824. The number of halogens is 2. The van der Waals surface area contributed by atoms with E-state index in [1.54, 1.807) is 6.07 Å². The molecular formula is C15H14FIO2. The van der Waals surface area contributed by atoms with E-state index in [0.29, 0.717) is 27.1 Å². The van der Waals surface area contributed by atoms with Crippen molar-refractivity contribution in [1.82, 2.24) is 0 Å². The quantitative estimate of drug-likeness (QED) is 0.825. The molecule has 1 atom stereocenters. The maximum absolute atomic E-state index is 13.1. The number of ether oxygens (including phenoxy) is 1. The Morgan fingerprint density at radius 2 is 1.95 bits per heavy atom. The van der Waals surface area contributed by atoms with Crippen molar-refractivity contribution in [2.24, 2.45) is 0 Å². The van der Waals surface area contributed by atoms with Crippen molar-refractivity contribution in [1.29, 1.82) is 0 Å². The average Bonchev–Trinajstić information content (AvgIpc) is 2.39. The van der Waals surface area contributed by atoms with E-state index in [0.717, 1.165) is 0 Å². The van der Waals surface area contributed by atoms with Gasteiger partial charge in [0.25, 0.3) is 0 Å². The third-order valence-electron chi connectivity index (χ3n) is 2.77. The van der Waals surface area contributed by atoms with Gasteiger partial charge in [-0.05, 0) is 53.3 Å². The first-order chi connectivity index (χ1) is 9.13. The molecule has 0 bridgehead atoms. The molecule has 0 aromatic heterocycles. The Labute approximate surface area is 125 Å². The molecule has 0 heterocycles. The fraction of sp³-hybridized carbons (Fsp3) is 0.200. The van der Waals surface area contributed by atoms with Crippen LogP contribution in [-0.2, 0) is 0 Å². The van der Waals surface area contributed by atoms with Gasteiger partial charge in [0.15, 0.2) is 0 Å². The number of aliphatic hydroxyl groups excluding tert-OH is 1. The zero-order valence-corrected chi connectivity index (χ0v) is 12.6. The molecule has 2 aromatic carbocycles. The fourth-order valence-electron chi connectivity index (χ4n) is 1.88. The molecule has 2 aromatic rings. The summed E-state index contributed by atoms with van der Waals surface area (Å²) in [7, 11) is 0. The largest absolute Gasteiger partial charge is 0.493 e. The second kappa shape index (κ2) is 6.34. The van der Waals surface area contributed by atoms with Crippen molar-refractivity contribution in [3.63, 3.8) is 0 Å². The molecule has 2 nitrogen and oxygen atoms in total. The molecule has 19 heavy (non-hydrogen) atoms. The summed E-state index contributed by atoms with van der Waals surface area (Å²) >= 11 is 2.02. The molecule has 0 radical (unpaired) electrons. The lowest BCUT2D eigenvalue weighted by Gasteiger charge is -2.17. The lowest BCUT2D eigenvalue weighted by atomic mass is 10.0.